The van der Waals surface area contributed by atoms with Crippen molar-refractivity contribution in [2.45, 2.75) is 25.8 Å². The molecule has 1 heterocycles. The second kappa shape index (κ2) is 5.69. The summed E-state index contributed by atoms with van der Waals surface area (Å²) in [5.41, 5.74) is 2.71. The Morgan fingerprint density at radius 1 is 1.24 bits per heavy atom. The largest absolute Gasteiger partial charge is 0.468 e. The van der Waals surface area contributed by atoms with Gasteiger partial charge in [0.05, 0.1) is 12.3 Å². The van der Waals surface area contributed by atoms with Gasteiger partial charge in [0.2, 0.25) is 0 Å². The number of furan rings is 1. The predicted octanol–water partition coefficient (Wildman–Crippen LogP) is 3.48. The Bertz CT molecular complexity index is 448. The van der Waals surface area contributed by atoms with Crippen molar-refractivity contribution in [2.75, 3.05) is 7.05 Å². The molecule has 0 aliphatic heterocycles. The van der Waals surface area contributed by atoms with Crippen LogP contribution in [-0.2, 0) is 6.42 Å². The molecule has 2 aromatic rings. The van der Waals surface area contributed by atoms with Gasteiger partial charge >= 0.3 is 0 Å². The summed E-state index contributed by atoms with van der Waals surface area (Å²) < 4.78 is 5.44. The van der Waals surface area contributed by atoms with Gasteiger partial charge in [-0.1, -0.05) is 29.8 Å². The Labute approximate surface area is 103 Å². The van der Waals surface area contributed by atoms with Crippen molar-refractivity contribution in [3.05, 3.63) is 59.5 Å². The molecule has 0 fully saturated rings. The van der Waals surface area contributed by atoms with E-state index in [1.165, 1.54) is 11.1 Å². The van der Waals surface area contributed by atoms with Crippen LogP contribution in [0.4, 0.5) is 0 Å². The van der Waals surface area contributed by atoms with E-state index in [1.54, 1.807) is 6.26 Å². The van der Waals surface area contributed by atoms with Crippen molar-refractivity contribution >= 4 is 0 Å². The van der Waals surface area contributed by atoms with Crippen LogP contribution < -0.4 is 5.32 Å². The van der Waals surface area contributed by atoms with E-state index in [0.29, 0.717) is 6.04 Å². The van der Waals surface area contributed by atoms with Gasteiger partial charge in [0, 0.05) is 0 Å². The number of nitrogens with one attached hydrogen (secondary N) is 1. The zero-order valence-corrected chi connectivity index (χ0v) is 10.4. The van der Waals surface area contributed by atoms with Crippen LogP contribution in [0.5, 0.6) is 0 Å². The van der Waals surface area contributed by atoms with Crippen molar-refractivity contribution in [1.82, 2.24) is 5.32 Å². The van der Waals surface area contributed by atoms with Crippen LogP contribution in [-0.4, -0.2) is 7.05 Å². The Morgan fingerprint density at radius 2 is 2.12 bits per heavy atom. The lowest BCUT2D eigenvalue weighted by Gasteiger charge is -2.13. The molecule has 1 atom stereocenters. The van der Waals surface area contributed by atoms with E-state index < -0.39 is 0 Å². The number of hydrogen-bond acceptors (Lipinski definition) is 2. The van der Waals surface area contributed by atoms with Gasteiger partial charge in [-0.25, -0.2) is 0 Å². The smallest absolute Gasteiger partial charge is 0.120 e. The molecule has 0 radical (unpaired) electrons. The van der Waals surface area contributed by atoms with Crippen molar-refractivity contribution in [3.63, 3.8) is 0 Å². The maximum atomic E-state index is 5.44. The monoisotopic (exact) mass is 229 g/mol. The van der Waals surface area contributed by atoms with E-state index in [4.69, 9.17) is 4.42 Å². The van der Waals surface area contributed by atoms with Crippen molar-refractivity contribution in [1.29, 1.82) is 0 Å². The summed E-state index contributed by atoms with van der Waals surface area (Å²) in [7, 11) is 1.98. The Kier molecular flexibility index (Phi) is 3.99. The third-order valence-corrected chi connectivity index (χ3v) is 3.04. The van der Waals surface area contributed by atoms with Crippen molar-refractivity contribution < 1.29 is 4.42 Å². The normalized spacial score (nSPS) is 12.6. The minimum absolute atomic E-state index is 0.297. The van der Waals surface area contributed by atoms with Gasteiger partial charge in [-0.15, -0.1) is 0 Å². The molecule has 1 N–H and O–H groups in total. The second-order valence-corrected chi connectivity index (χ2v) is 4.38. The summed E-state index contributed by atoms with van der Waals surface area (Å²) in [4.78, 5) is 0. The quantitative estimate of drug-likeness (QED) is 0.849. The fourth-order valence-corrected chi connectivity index (χ4v) is 2.10. The summed E-state index contributed by atoms with van der Waals surface area (Å²) in [6.45, 7) is 2.13. The Morgan fingerprint density at radius 3 is 2.76 bits per heavy atom. The molecule has 0 spiro atoms. The molecule has 2 rings (SSSR count). The molecule has 17 heavy (non-hydrogen) atoms. The molecule has 0 amide bonds. The average Bonchev–Trinajstić information content (AvgIpc) is 2.84. The van der Waals surface area contributed by atoms with E-state index in [9.17, 15) is 0 Å². The Balaban J connectivity index is 1.97. The first-order chi connectivity index (χ1) is 8.29. The van der Waals surface area contributed by atoms with Crippen LogP contribution in [0.3, 0.4) is 0 Å². The highest BCUT2D eigenvalue weighted by atomic mass is 16.3. The first-order valence-electron chi connectivity index (χ1n) is 6.06. The van der Waals surface area contributed by atoms with Crippen LogP contribution in [0, 0.1) is 6.92 Å². The zero-order chi connectivity index (χ0) is 12.1. The fourth-order valence-electron chi connectivity index (χ4n) is 2.10. The summed E-state index contributed by atoms with van der Waals surface area (Å²) in [5.74, 6) is 1.01. The lowest BCUT2D eigenvalue weighted by atomic mass is 10.0. The van der Waals surface area contributed by atoms with Gasteiger partial charge < -0.3 is 9.73 Å². The molecule has 0 bridgehead atoms. The molecule has 2 nitrogen and oxygen atoms in total. The molecular formula is C15H19NO. The topological polar surface area (TPSA) is 25.2 Å². The summed E-state index contributed by atoms with van der Waals surface area (Å²) in [5, 5.41) is 3.30. The minimum Gasteiger partial charge on any atom is -0.468 e. The standard InChI is InChI=1S/C15H19NO/c1-12-5-3-6-13(11-12)8-9-14(16-2)15-7-4-10-17-15/h3-7,10-11,14,16H,8-9H2,1-2H3. The third kappa shape index (κ3) is 3.21. The molecular weight excluding hydrogens is 210 g/mol. The van der Waals surface area contributed by atoms with Gasteiger partial charge in [0.1, 0.15) is 5.76 Å². The Hall–Kier alpha value is -1.54. The molecule has 0 aliphatic carbocycles. The molecule has 1 aromatic heterocycles. The van der Waals surface area contributed by atoms with E-state index >= 15 is 0 Å². The lowest BCUT2D eigenvalue weighted by Crippen LogP contribution is -2.16. The van der Waals surface area contributed by atoms with Gasteiger partial charge in [-0.05, 0) is 44.5 Å². The molecule has 0 aliphatic rings. The minimum atomic E-state index is 0.297. The van der Waals surface area contributed by atoms with Crippen LogP contribution in [0.2, 0.25) is 0 Å². The predicted molar refractivity (Wildman–Crippen MR) is 70.0 cm³/mol. The second-order valence-electron chi connectivity index (χ2n) is 4.38. The van der Waals surface area contributed by atoms with E-state index in [1.807, 2.05) is 19.2 Å². The number of rotatable bonds is 5. The highest BCUT2D eigenvalue weighted by Gasteiger charge is 2.11. The molecule has 1 aromatic carbocycles. The number of benzene rings is 1. The summed E-state index contributed by atoms with van der Waals surface area (Å²) >= 11 is 0. The number of aryl methyl sites for hydroxylation is 2. The molecule has 90 valence electrons. The van der Waals surface area contributed by atoms with Gasteiger partial charge in [-0.2, -0.15) is 0 Å². The highest BCUT2D eigenvalue weighted by molar-refractivity contribution is 5.22. The third-order valence-electron chi connectivity index (χ3n) is 3.04. The molecule has 2 heteroatoms. The van der Waals surface area contributed by atoms with Gasteiger partial charge in [0.15, 0.2) is 0 Å². The van der Waals surface area contributed by atoms with E-state index in [-0.39, 0.29) is 0 Å². The lowest BCUT2D eigenvalue weighted by molar-refractivity contribution is 0.415. The average molecular weight is 229 g/mol. The maximum absolute atomic E-state index is 5.44. The van der Waals surface area contributed by atoms with Crippen LogP contribution in [0.25, 0.3) is 0 Å². The molecule has 0 saturated carbocycles. The van der Waals surface area contributed by atoms with Crippen LogP contribution in [0.15, 0.2) is 47.1 Å². The maximum Gasteiger partial charge on any atom is 0.120 e. The first-order valence-corrected chi connectivity index (χ1v) is 6.06. The fraction of sp³-hybridized carbons (Fsp3) is 0.333. The number of hydrogen-bond donors (Lipinski definition) is 1. The van der Waals surface area contributed by atoms with Gasteiger partial charge in [0.25, 0.3) is 0 Å². The molecule has 0 saturated heterocycles. The van der Waals surface area contributed by atoms with Crippen LogP contribution in [0.1, 0.15) is 29.3 Å². The van der Waals surface area contributed by atoms with E-state index in [2.05, 4.69) is 36.5 Å². The van der Waals surface area contributed by atoms with Crippen molar-refractivity contribution in [2.24, 2.45) is 0 Å². The highest BCUT2D eigenvalue weighted by Crippen LogP contribution is 2.19. The molecule has 1 unspecified atom stereocenters. The first kappa shape index (κ1) is 11.9. The summed E-state index contributed by atoms with van der Waals surface area (Å²) in [6, 6.07) is 12.9. The van der Waals surface area contributed by atoms with Gasteiger partial charge in [-0.3, -0.25) is 0 Å². The van der Waals surface area contributed by atoms with E-state index in [0.717, 1.165) is 18.6 Å². The van der Waals surface area contributed by atoms with Crippen molar-refractivity contribution in [3.8, 4) is 0 Å². The zero-order valence-electron chi connectivity index (χ0n) is 10.4. The van der Waals surface area contributed by atoms with Crippen LogP contribution >= 0.6 is 0 Å². The summed E-state index contributed by atoms with van der Waals surface area (Å²) in [6.07, 6.45) is 3.84. The SMILES string of the molecule is CNC(CCc1cccc(C)c1)c1ccco1.